The zero-order valence-electron chi connectivity index (χ0n) is 14.7. The first kappa shape index (κ1) is 18.2. The highest BCUT2D eigenvalue weighted by molar-refractivity contribution is 5.76. The molecule has 2 rings (SSSR count). The standard InChI is InChI=1S/C18H20N4O3/c1-11-12(2)21-22(18(24)15(11)9-19)10-17(23)20-13(3)14-7-5-6-8-16(14)25-4/h5-8,13H,10H2,1-4H3,(H,20,23)/t13-/m0/s1. The van der Waals surface area contributed by atoms with Crippen LogP contribution in [-0.4, -0.2) is 22.8 Å². The van der Waals surface area contributed by atoms with Crippen LogP contribution in [0.4, 0.5) is 0 Å². The molecule has 0 bridgehead atoms. The van der Waals surface area contributed by atoms with Crippen molar-refractivity contribution in [1.29, 1.82) is 5.26 Å². The third kappa shape index (κ3) is 3.86. The number of nitriles is 1. The number of nitrogens with zero attached hydrogens (tertiary/aromatic N) is 3. The summed E-state index contributed by atoms with van der Waals surface area (Å²) in [6, 6.07) is 8.95. The summed E-state index contributed by atoms with van der Waals surface area (Å²) in [6.07, 6.45) is 0. The Morgan fingerprint density at radius 2 is 2.08 bits per heavy atom. The molecule has 0 saturated heterocycles. The van der Waals surface area contributed by atoms with Crippen molar-refractivity contribution in [3.63, 3.8) is 0 Å². The molecule has 1 aromatic carbocycles. The van der Waals surface area contributed by atoms with Crippen LogP contribution in [0, 0.1) is 25.2 Å². The van der Waals surface area contributed by atoms with Crippen molar-refractivity contribution in [1.82, 2.24) is 15.1 Å². The highest BCUT2D eigenvalue weighted by Crippen LogP contribution is 2.24. The van der Waals surface area contributed by atoms with E-state index in [0.29, 0.717) is 17.0 Å². The van der Waals surface area contributed by atoms with Gasteiger partial charge < -0.3 is 10.1 Å². The number of ether oxygens (including phenoxy) is 1. The van der Waals surface area contributed by atoms with E-state index in [-0.39, 0.29) is 24.1 Å². The Morgan fingerprint density at radius 3 is 2.72 bits per heavy atom. The summed E-state index contributed by atoms with van der Waals surface area (Å²) >= 11 is 0. The van der Waals surface area contributed by atoms with Gasteiger partial charge in [0.1, 0.15) is 23.9 Å². The van der Waals surface area contributed by atoms with Gasteiger partial charge in [0.25, 0.3) is 5.56 Å². The van der Waals surface area contributed by atoms with Gasteiger partial charge in [-0.3, -0.25) is 9.59 Å². The van der Waals surface area contributed by atoms with E-state index in [2.05, 4.69) is 10.4 Å². The number of amides is 1. The van der Waals surface area contributed by atoms with E-state index in [4.69, 9.17) is 10.00 Å². The van der Waals surface area contributed by atoms with Crippen LogP contribution in [0.25, 0.3) is 0 Å². The Bertz CT molecular complexity index is 896. The first-order valence-electron chi connectivity index (χ1n) is 7.79. The van der Waals surface area contributed by atoms with Crippen molar-refractivity contribution in [2.45, 2.75) is 33.4 Å². The molecule has 0 unspecified atom stereocenters. The molecule has 1 heterocycles. The number of hydrogen-bond acceptors (Lipinski definition) is 5. The van der Waals surface area contributed by atoms with Crippen molar-refractivity contribution in [2.24, 2.45) is 0 Å². The van der Waals surface area contributed by atoms with Crippen LogP contribution in [0.2, 0.25) is 0 Å². The number of carbonyl (C=O) groups is 1. The van der Waals surface area contributed by atoms with Crippen LogP contribution in [0.5, 0.6) is 5.75 Å². The zero-order valence-corrected chi connectivity index (χ0v) is 14.7. The fourth-order valence-corrected chi connectivity index (χ4v) is 2.54. The van der Waals surface area contributed by atoms with Gasteiger partial charge in [0.2, 0.25) is 5.91 Å². The van der Waals surface area contributed by atoms with Gasteiger partial charge in [0.05, 0.1) is 18.8 Å². The predicted octanol–water partition coefficient (Wildman–Crippen LogP) is 1.62. The summed E-state index contributed by atoms with van der Waals surface area (Å²) in [5.74, 6) is 0.295. The van der Waals surface area contributed by atoms with Crippen LogP contribution in [0.1, 0.15) is 35.3 Å². The van der Waals surface area contributed by atoms with Gasteiger partial charge in [-0.1, -0.05) is 18.2 Å². The van der Waals surface area contributed by atoms with Gasteiger partial charge in [-0.25, -0.2) is 4.68 Å². The minimum absolute atomic E-state index is 0.0121. The van der Waals surface area contributed by atoms with Crippen molar-refractivity contribution in [2.75, 3.05) is 7.11 Å². The molecule has 0 saturated carbocycles. The van der Waals surface area contributed by atoms with Crippen LogP contribution in [0.15, 0.2) is 29.1 Å². The minimum atomic E-state index is -0.564. The Labute approximate surface area is 145 Å². The summed E-state index contributed by atoms with van der Waals surface area (Å²) in [5.41, 5.74) is 1.36. The topological polar surface area (TPSA) is 97.0 Å². The summed E-state index contributed by atoms with van der Waals surface area (Å²) < 4.78 is 6.31. The van der Waals surface area contributed by atoms with Crippen molar-refractivity contribution in [3.8, 4) is 11.8 Å². The summed E-state index contributed by atoms with van der Waals surface area (Å²) in [4.78, 5) is 24.6. The second kappa shape index (κ2) is 7.62. The first-order chi connectivity index (χ1) is 11.9. The lowest BCUT2D eigenvalue weighted by Crippen LogP contribution is -2.36. The minimum Gasteiger partial charge on any atom is -0.496 e. The van der Waals surface area contributed by atoms with Gasteiger partial charge in [0, 0.05) is 5.56 Å². The van der Waals surface area contributed by atoms with E-state index in [1.54, 1.807) is 21.0 Å². The summed E-state index contributed by atoms with van der Waals surface area (Å²) in [5, 5.41) is 16.0. The maximum Gasteiger partial charge on any atom is 0.285 e. The molecule has 1 atom stereocenters. The lowest BCUT2D eigenvalue weighted by Gasteiger charge is -2.17. The third-order valence-corrected chi connectivity index (χ3v) is 4.02. The average molecular weight is 340 g/mol. The van der Waals surface area contributed by atoms with Gasteiger partial charge in [-0.15, -0.1) is 0 Å². The highest BCUT2D eigenvalue weighted by atomic mass is 16.5. The average Bonchev–Trinajstić information content (AvgIpc) is 2.60. The Balaban J connectivity index is 2.20. The van der Waals surface area contributed by atoms with Gasteiger partial charge in [-0.05, 0) is 32.4 Å². The van der Waals surface area contributed by atoms with E-state index < -0.39 is 5.56 Å². The molecule has 1 amide bonds. The summed E-state index contributed by atoms with van der Waals surface area (Å²) in [7, 11) is 1.56. The van der Waals surface area contributed by atoms with Crippen molar-refractivity contribution < 1.29 is 9.53 Å². The molecule has 1 N–H and O–H groups in total. The number of aromatic nitrogens is 2. The number of methoxy groups -OCH3 is 1. The highest BCUT2D eigenvalue weighted by Gasteiger charge is 2.17. The molecular weight excluding hydrogens is 320 g/mol. The monoisotopic (exact) mass is 340 g/mol. The largest absolute Gasteiger partial charge is 0.496 e. The zero-order chi connectivity index (χ0) is 18.6. The normalized spacial score (nSPS) is 11.5. The van der Waals surface area contributed by atoms with Gasteiger partial charge >= 0.3 is 0 Å². The lowest BCUT2D eigenvalue weighted by molar-refractivity contribution is -0.122. The fourth-order valence-electron chi connectivity index (χ4n) is 2.54. The number of benzene rings is 1. The molecule has 0 aliphatic rings. The van der Waals surface area contributed by atoms with E-state index in [9.17, 15) is 9.59 Å². The number of rotatable bonds is 5. The van der Waals surface area contributed by atoms with Crippen LogP contribution in [-0.2, 0) is 11.3 Å². The van der Waals surface area contributed by atoms with E-state index in [0.717, 1.165) is 10.2 Å². The molecule has 0 fully saturated rings. The number of carbonyl (C=O) groups excluding carboxylic acids is 1. The molecule has 25 heavy (non-hydrogen) atoms. The predicted molar refractivity (Wildman–Crippen MR) is 92.2 cm³/mol. The van der Waals surface area contributed by atoms with E-state index in [1.807, 2.05) is 37.3 Å². The molecule has 0 spiro atoms. The van der Waals surface area contributed by atoms with Crippen molar-refractivity contribution in [3.05, 3.63) is 57.0 Å². The molecule has 7 nitrogen and oxygen atoms in total. The number of para-hydroxylation sites is 1. The smallest absolute Gasteiger partial charge is 0.285 e. The first-order valence-corrected chi connectivity index (χ1v) is 7.79. The number of nitrogens with one attached hydrogen (secondary N) is 1. The summed E-state index contributed by atoms with van der Waals surface area (Å²) in [6.45, 7) is 4.93. The fraction of sp³-hybridized carbons (Fsp3) is 0.333. The molecule has 1 aromatic heterocycles. The SMILES string of the molecule is COc1ccccc1[C@H](C)NC(=O)Cn1nc(C)c(C)c(C#N)c1=O. The van der Waals surface area contributed by atoms with Gasteiger partial charge in [-0.2, -0.15) is 10.4 Å². The molecule has 0 aliphatic carbocycles. The quantitative estimate of drug-likeness (QED) is 0.892. The molecular formula is C18H20N4O3. The molecule has 2 aromatic rings. The number of hydrogen-bond donors (Lipinski definition) is 1. The van der Waals surface area contributed by atoms with Crippen molar-refractivity contribution >= 4 is 5.91 Å². The Hall–Kier alpha value is -3.14. The molecule has 0 radical (unpaired) electrons. The molecule has 130 valence electrons. The lowest BCUT2D eigenvalue weighted by atomic mass is 10.1. The van der Waals surface area contributed by atoms with E-state index in [1.165, 1.54) is 0 Å². The maximum absolute atomic E-state index is 12.3. The Kier molecular flexibility index (Phi) is 5.55. The Morgan fingerprint density at radius 1 is 1.40 bits per heavy atom. The van der Waals surface area contributed by atoms with Crippen LogP contribution >= 0.6 is 0 Å². The van der Waals surface area contributed by atoms with Crippen LogP contribution in [0.3, 0.4) is 0 Å². The third-order valence-electron chi connectivity index (χ3n) is 4.02. The van der Waals surface area contributed by atoms with E-state index >= 15 is 0 Å². The van der Waals surface area contributed by atoms with Gasteiger partial charge in [0.15, 0.2) is 0 Å². The second-order valence-corrected chi connectivity index (χ2v) is 5.69. The second-order valence-electron chi connectivity index (χ2n) is 5.69. The van der Waals surface area contributed by atoms with Crippen LogP contribution < -0.4 is 15.6 Å². The maximum atomic E-state index is 12.3. The molecule has 7 heteroatoms. The number of aryl methyl sites for hydroxylation is 1. The molecule has 0 aliphatic heterocycles.